The predicted molar refractivity (Wildman–Crippen MR) is 57.0 cm³/mol. The van der Waals surface area contributed by atoms with Gasteiger partial charge in [-0.25, -0.2) is 9.97 Å². The number of aromatic nitrogens is 3. The molecule has 0 atom stereocenters. The number of fused-ring (bicyclic) bond motifs is 3. The van der Waals surface area contributed by atoms with Crippen molar-refractivity contribution in [3.63, 3.8) is 0 Å². The molecule has 0 aliphatic heterocycles. The van der Waals surface area contributed by atoms with Crippen molar-refractivity contribution in [3.8, 4) is 5.75 Å². The molecule has 0 aliphatic carbocycles. The van der Waals surface area contributed by atoms with Gasteiger partial charge in [0.05, 0.1) is 12.6 Å². The third kappa shape index (κ3) is 1.15. The van der Waals surface area contributed by atoms with E-state index >= 15 is 0 Å². The molecule has 0 fully saturated rings. The van der Waals surface area contributed by atoms with Crippen LogP contribution >= 0.6 is 0 Å². The first-order valence-corrected chi connectivity index (χ1v) is 4.64. The molecule has 1 aromatic carbocycles. The second-order valence-electron chi connectivity index (χ2n) is 3.28. The highest BCUT2D eigenvalue weighted by Crippen LogP contribution is 2.20. The van der Waals surface area contributed by atoms with Crippen molar-refractivity contribution in [2.75, 3.05) is 7.11 Å². The van der Waals surface area contributed by atoms with Crippen LogP contribution in [0.3, 0.4) is 0 Å². The van der Waals surface area contributed by atoms with Crippen LogP contribution in [0.1, 0.15) is 0 Å². The Morgan fingerprint density at radius 1 is 1.27 bits per heavy atom. The summed E-state index contributed by atoms with van der Waals surface area (Å²) >= 11 is 0. The molecular weight excluding hydrogens is 190 g/mol. The first kappa shape index (κ1) is 8.23. The van der Waals surface area contributed by atoms with Gasteiger partial charge in [0.2, 0.25) is 5.78 Å². The lowest BCUT2D eigenvalue weighted by Gasteiger charge is -2.03. The summed E-state index contributed by atoms with van der Waals surface area (Å²) in [5.41, 5.74) is 1.05. The molecule has 0 unspecified atom stereocenters. The Morgan fingerprint density at radius 2 is 2.20 bits per heavy atom. The standard InChI is InChI=1S/C11H9N3O/c1-15-9-3-2-8-7-13-11-12-4-5-14(11)10(8)6-9/h2-7H,1H3. The molecule has 0 aliphatic rings. The molecule has 0 saturated heterocycles. The maximum Gasteiger partial charge on any atom is 0.234 e. The number of hydrogen-bond donors (Lipinski definition) is 0. The van der Waals surface area contributed by atoms with Gasteiger partial charge in [-0.1, -0.05) is 0 Å². The van der Waals surface area contributed by atoms with Crippen LogP contribution in [-0.4, -0.2) is 21.5 Å². The number of ether oxygens (including phenoxy) is 1. The van der Waals surface area contributed by atoms with Crippen molar-refractivity contribution >= 4 is 16.7 Å². The second kappa shape index (κ2) is 2.95. The topological polar surface area (TPSA) is 39.4 Å². The molecular formula is C11H9N3O. The van der Waals surface area contributed by atoms with E-state index in [0.717, 1.165) is 16.7 Å². The third-order valence-corrected chi connectivity index (χ3v) is 2.44. The van der Waals surface area contributed by atoms with E-state index in [2.05, 4.69) is 9.97 Å². The highest BCUT2D eigenvalue weighted by molar-refractivity contribution is 5.81. The monoisotopic (exact) mass is 199 g/mol. The van der Waals surface area contributed by atoms with E-state index in [4.69, 9.17) is 4.74 Å². The first-order valence-electron chi connectivity index (χ1n) is 4.64. The number of rotatable bonds is 1. The lowest BCUT2D eigenvalue weighted by atomic mass is 10.2. The van der Waals surface area contributed by atoms with E-state index < -0.39 is 0 Å². The normalized spacial score (nSPS) is 11.0. The van der Waals surface area contributed by atoms with Crippen LogP contribution in [0.25, 0.3) is 16.7 Å². The van der Waals surface area contributed by atoms with Gasteiger partial charge < -0.3 is 4.74 Å². The third-order valence-electron chi connectivity index (χ3n) is 2.44. The summed E-state index contributed by atoms with van der Waals surface area (Å²) in [7, 11) is 1.66. The fourth-order valence-corrected chi connectivity index (χ4v) is 1.67. The summed E-state index contributed by atoms with van der Waals surface area (Å²) < 4.78 is 7.14. The summed E-state index contributed by atoms with van der Waals surface area (Å²) in [6, 6.07) is 5.89. The average Bonchev–Trinajstić information content (AvgIpc) is 2.76. The van der Waals surface area contributed by atoms with E-state index in [1.165, 1.54) is 0 Å². The van der Waals surface area contributed by atoms with E-state index in [1.807, 2.05) is 35.0 Å². The second-order valence-corrected chi connectivity index (χ2v) is 3.28. The molecule has 0 spiro atoms. The fraction of sp³-hybridized carbons (Fsp3) is 0.0909. The highest BCUT2D eigenvalue weighted by Gasteiger charge is 2.02. The Balaban J connectivity index is 2.48. The number of methoxy groups -OCH3 is 1. The lowest BCUT2D eigenvalue weighted by Crippen LogP contribution is -1.91. The average molecular weight is 199 g/mol. The Labute approximate surface area is 86.1 Å². The predicted octanol–water partition coefficient (Wildman–Crippen LogP) is 1.89. The van der Waals surface area contributed by atoms with Crippen molar-refractivity contribution in [2.45, 2.75) is 0 Å². The maximum absolute atomic E-state index is 5.19. The van der Waals surface area contributed by atoms with Crippen LogP contribution < -0.4 is 4.74 Å². The minimum Gasteiger partial charge on any atom is -0.497 e. The van der Waals surface area contributed by atoms with E-state index in [9.17, 15) is 0 Å². The fourth-order valence-electron chi connectivity index (χ4n) is 1.67. The van der Waals surface area contributed by atoms with Gasteiger partial charge in [-0.15, -0.1) is 0 Å². The van der Waals surface area contributed by atoms with Gasteiger partial charge in [0.15, 0.2) is 0 Å². The van der Waals surface area contributed by atoms with Crippen LogP contribution in [0.15, 0.2) is 36.8 Å². The lowest BCUT2D eigenvalue weighted by molar-refractivity contribution is 0.415. The van der Waals surface area contributed by atoms with Gasteiger partial charge in [0.25, 0.3) is 0 Å². The smallest absolute Gasteiger partial charge is 0.234 e. The zero-order chi connectivity index (χ0) is 10.3. The molecule has 15 heavy (non-hydrogen) atoms. The number of nitrogens with zero attached hydrogens (tertiary/aromatic N) is 3. The van der Waals surface area contributed by atoms with Gasteiger partial charge in [-0.05, 0) is 12.1 Å². The largest absolute Gasteiger partial charge is 0.497 e. The highest BCUT2D eigenvalue weighted by atomic mass is 16.5. The van der Waals surface area contributed by atoms with Crippen LogP contribution in [0, 0.1) is 0 Å². The van der Waals surface area contributed by atoms with Crippen LogP contribution in [-0.2, 0) is 0 Å². The minimum atomic E-state index is 0.704. The Morgan fingerprint density at radius 3 is 3.07 bits per heavy atom. The molecule has 2 heterocycles. The Kier molecular flexibility index (Phi) is 1.62. The van der Waals surface area contributed by atoms with Crippen molar-refractivity contribution in [2.24, 2.45) is 0 Å². The molecule has 3 aromatic rings. The molecule has 0 N–H and O–H groups in total. The zero-order valence-corrected chi connectivity index (χ0v) is 8.21. The minimum absolute atomic E-state index is 0.704. The SMILES string of the molecule is COc1ccc2cnc3nccn3c2c1. The van der Waals surface area contributed by atoms with Crippen LogP contribution in [0.2, 0.25) is 0 Å². The molecule has 4 nitrogen and oxygen atoms in total. The Hall–Kier alpha value is -2.10. The van der Waals surface area contributed by atoms with Crippen molar-refractivity contribution < 1.29 is 4.74 Å². The zero-order valence-electron chi connectivity index (χ0n) is 8.21. The van der Waals surface area contributed by atoms with E-state index in [0.29, 0.717) is 5.78 Å². The molecule has 0 amide bonds. The summed E-state index contributed by atoms with van der Waals surface area (Å²) in [5, 5.41) is 1.07. The van der Waals surface area contributed by atoms with E-state index in [-0.39, 0.29) is 0 Å². The van der Waals surface area contributed by atoms with Crippen LogP contribution in [0.5, 0.6) is 5.75 Å². The molecule has 0 radical (unpaired) electrons. The summed E-state index contributed by atoms with van der Waals surface area (Å²) in [6.45, 7) is 0. The molecule has 0 bridgehead atoms. The number of imidazole rings is 1. The van der Waals surface area contributed by atoms with Gasteiger partial charge in [0, 0.05) is 30.0 Å². The number of hydrogen-bond acceptors (Lipinski definition) is 3. The quantitative estimate of drug-likeness (QED) is 0.600. The molecule has 74 valence electrons. The van der Waals surface area contributed by atoms with Gasteiger partial charge in [-0.2, -0.15) is 0 Å². The molecule has 4 heteroatoms. The summed E-state index contributed by atoms with van der Waals surface area (Å²) in [6.07, 6.45) is 5.45. The summed E-state index contributed by atoms with van der Waals surface area (Å²) in [5.74, 6) is 1.54. The molecule has 0 saturated carbocycles. The Bertz CT molecular complexity index is 630. The van der Waals surface area contributed by atoms with Gasteiger partial charge in [-0.3, -0.25) is 4.40 Å². The molecule has 2 aromatic heterocycles. The maximum atomic E-state index is 5.19. The van der Waals surface area contributed by atoms with Crippen molar-refractivity contribution in [1.82, 2.24) is 14.4 Å². The van der Waals surface area contributed by atoms with E-state index in [1.54, 1.807) is 13.3 Å². The van der Waals surface area contributed by atoms with Crippen LogP contribution in [0.4, 0.5) is 0 Å². The van der Waals surface area contributed by atoms with Crippen molar-refractivity contribution in [3.05, 3.63) is 36.8 Å². The number of benzene rings is 1. The summed E-state index contributed by atoms with van der Waals surface area (Å²) in [4.78, 5) is 8.37. The van der Waals surface area contributed by atoms with Crippen molar-refractivity contribution in [1.29, 1.82) is 0 Å². The van der Waals surface area contributed by atoms with Gasteiger partial charge >= 0.3 is 0 Å². The van der Waals surface area contributed by atoms with Gasteiger partial charge in [0.1, 0.15) is 5.75 Å². The first-order chi connectivity index (χ1) is 7.38. The molecule has 3 rings (SSSR count).